The first kappa shape index (κ1) is 30.4. The molecule has 12 nitrogen and oxygen atoms in total. The second-order valence-corrected chi connectivity index (χ2v) is 11.3. The normalized spacial score (nSPS) is 13.8. The van der Waals surface area contributed by atoms with Gasteiger partial charge in [0.15, 0.2) is 16.5 Å². The van der Waals surface area contributed by atoms with Crippen LogP contribution < -0.4 is 14.4 Å². The van der Waals surface area contributed by atoms with Gasteiger partial charge in [-0.25, -0.2) is 37.1 Å². The van der Waals surface area contributed by atoms with E-state index in [9.17, 15) is 26.8 Å². The molecule has 228 valence electrons. The van der Waals surface area contributed by atoms with Crippen molar-refractivity contribution < 1.29 is 31.5 Å². The van der Waals surface area contributed by atoms with Crippen molar-refractivity contribution in [1.82, 2.24) is 24.8 Å². The Morgan fingerprint density at radius 1 is 1.02 bits per heavy atom. The number of halogens is 2. The Kier molecular flexibility index (Phi) is 8.76. The highest BCUT2D eigenvalue weighted by Crippen LogP contribution is 2.32. The Morgan fingerprint density at radius 3 is 2.43 bits per heavy atom. The zero-order valence-corrected chi connectivity index (χ0v) is 24.5. The van der Waals surface area contributed by atoms with Crippen molar-refractivity contribution in [3.8, 4) is 17.1 Å². The fraction of sp³-hybridized carbons (Fsp3) is 0.241. The van der Waals surface area contributed by atoms with Gasteiger partial charge in [0, 0.05) is 50.4 Å². The average molecular weight is 624 g/mol. The minimum atomic E-state index is -4.70. The number of hydrogen-bond acceptors (Lipinski definition) is 10. The number of fused-ring (bicyclic) bond motifs is 1. The number of benzene rings is 1. The first-order chi connectivity index (χ1) is 21.1. The van der Waals surface area contributed by atoms with Crippen molar-refractivity contribution in [2.24, 2.45) is 0 Å². The molecule has 44 heavy (non-hydrogen) atoms. The average Bonchev–Trinajstić information content (AvgIpc) is 3.02. The van der Waals surface area contributed by atoms with Crippen LogP contribution in [0.25, 0.3) is 22.3 Å². The van der Waals surface area contributed by atoms with Crippen LogP contribution in [0.1, 0.15) is 13.3 Å². The quantitative estimate of drug-likeness (QED) is 0.275. The van der Waals surface area contributed by atoms with Crippen LogP contribution in [-0.2, 0) is 19.6 Å². The number of amides is 1. The van der Waals surface area contributed by atoms with Crippen molar-refractivity contribution in [1.29, 1.82) is 0 Å². The number of hydrogen-bond donors (Lipinski definition) is 1. The third-order valence-electron chi connectivity index (χ3n) is 6.89. The van der Waals surface area contributed by atoms with Gasteiger partial charge >= 0.3 is 0 Å². The topological polar surface area (TPSA) is 148 Å². The van der Waals surface area contributed by atoms with E-state index in [1.54, 1.807) is 24.0 Å². The molecule has 4 aromatic rings. The molecular formula is C29H27F2N7O5S. The molecule has 0 saturated carbocycles. The number of nitrogens with zero attached hydrogens (tertiary/aromatic N) is 6. The zero-order valence-electron chi connectivity index (χ0n) is 23.7. The molecule has 1 fully saturated rings. The molecule has 5 rings (SSSR count). The van der Waals surface area contributed by atoms with Gasteiger partial charge in [0.25, 0.3) is 10.0 Å². The summed E-state index contributed by atoms with van der Waals surface area (Å²) in [5, 5.41) is 0. The number of piperazine rings is 1. The maximum Gasteiger partial charge on any atom is 0.267 e. The summed E-state index contributed by atoms with van der Waals surface area (Å²) >= 11 is 0. The predicted octanol–water partition coefficient (Wildman–Crippen LogP) is 3.36. The van der Waals surface area contributed by atoms with E-state index in [1.165, 1.54) is 37.9 Å². The predicted molar refractivity (Wildman–Crippen MR) is 158 cm³/mol. The van der Waals surface area contributed by atoms with E-state index in [0.29, 0.717) is 60.7 Å². The van der Waals surface area contributed by atoms with Gasteiger partial charge in [-0.05, 0) is 36.4 Å². The third kappa shape index (κ3) is 6.32. The largest absolute Gasteiger partial charge is 0.480 e. The number of aromatic nitrogens is 4. The number of carbonyl (C=O) groups excluding carboxylic acids is 2. The van der Waals surface area contributed by atoms with Crippen LogP contribution in [0.5, 0.6) is 5.88 Å². The molecule has 3 aromatic heterocycles. The van der Waals surface area contributed by atoms with Crippen molar-refractivity contribution in [3.05, 3.63) is 72.7 Å². The van der Waals surface area contributed by atoms with E-state index in [4.69, 9.17) is 9.72 Å². The molecule has 1 aromatic carbocycles. The zero-order chi connectivity index (χ0) is 31.4. The van der Waals surface area contributed by atoms with Gasteiger partial charge in [-0.15, -0.1) is 0 Å². The SMILES string of the molecule is CCC(=O)/C=C/C(=O)N1CCN(c2ncnc3ccc(-c4cnc(OC)c(NS(=O)(=O)c5c(F)cccc5F)c4)nc23)CC1. The summed E-state index contributed by atoms with van der Waals surface area (Å²) in [7, 11) is -3.42. The fourth-order valence-corrected chi connectivity index (χ4v) is 5.80. The summed E-state index contributed by atoms with van der Waals surface area (Å²) in [6.45, 7) is 3.46. The van der Waals surface area contributed by atoms with E-state index < -0.39 is 26.6 Å². The first-order valence-corrected chi connectivity index (χ1v) is 15.0. The van der Waals surface area contributed by atoms with Gasteiger partial charge in [-0.1, -0.05) is 13.0 Å². The van der Waals surface area contributed by atoms with Gasteiger partial charge in [0.2, 0.25) is 11.8 Å². The number of allylic oxidation sites excluding steroid dienone is 1. The molecule has 0 atom stereocenters. The molecule has 0 spiro atoms. The summed E-state index contributed by atoms with van der Waals surface area (Å²) in [6, 6.07) is 7.52. The van der Waals surface area contributed by atoms with Gasteiger partial charge in [0.1, 0.15) is 29.2 Å². The van der Waals surface area contributed by atoms with Crippen molar-refractivity contribution in [2.75, 3.05) is 42.9 Å². The minimum absolute atomic E-state index is 0.123. The van der Waals surface area contributed by atoms with Gasteiger partial charge in [-0.3, -0.25) is 14.3 Å². The lowest BCUT2D eigenvalue weighted by atomic mass is 10.1. The number of nitrogens with one attached hydrogen (secondary N) is 1. The van der Waals surface area contributed by atoms with E-state index in [0.717, 1.165) is 18.2 Å². The summed E-state index contributed by atoms with van der Waals surface area (Å²) in [4.78, 5) is 44.1. The maximum atomic E-state index is 14.3. The second kappa shape index (κ2) is 12.7. The summed E-state index contributed by atoms with van der Waals surface area (Å²) in [5.74, 6) is -2.45. The van der Waals surface area contributed by atoms with Crippen LogP contribution >= 0.6 is 0 Å². The monoisotopic (exact) mass is 623 g/mol. The molecule has 1 aliphatic heterocycles. The molecule has 0 unspecified atom stereocenters. The number of rotatable bonds is 9. The number of sulfonamides is 1. The smallest absolute Gasteiger partial charge is 0.267 e. The Bertz CT molecular complexity index is 1860. The first-order valence-electron chi connectivity index (χ1n) is 13.5. The van der Waals surface area contributed by atoms with E-state index in [2.05, 4.69) is 19.7 Å². The number of anilines is 2. The third-order valence-corrected chi connectivity index (χ3v) is 8.30. The molecule has 1 aliphatic rings. The number of methoxy groups -OCH3 is 1. The van der Waals surface area contributed by atoms with Gasteiger partial charge in [-0.2, -0.15) is 0 Å². The lowest BCUT2D eigenvalue weighted by Crippen LogP contribution is -2.48. The lowest BCUT2D eigenvalue weighted by molar-refractivity contribution is -0.126. The number of ketones is 1. The number of ether oxygens (including phenoxy) is 1. The molecule has 0 aliphatic carbocycles. The number of pyridine rings is 2. The summed E-state index contributed by atoms with van der Waals surface area (Å²) in [6.07, 6.45) is 5.74. The maximum absolute atomic E-state index is 14.3. The Labute approximate surface area is 251 Å². The summed E-state index contributed by atoms with van der Waals surface area (Å²) < 4.78 is 61.8. The van der Waals surface area contributed by atoms with Crippen molar-refractivity contribution in [2.45, 2.75) is 18.2 Å². The standard InChI is InChI=1S/C29H27F2N7O5S/c1-3-19(39)7-10-25(40)37-11-13-38(14-12-37)28-26-23(33-17-34-28)9-8-22(35-26)18-15-24(29(43-2)32-16-18)36-44(41,42)27-20(30)5-4-6-21(27)31/h4-10,15-17,36H,3,11-14H2,1-2H3/b10-7+. The highest BCUT2D eigenvalue weighted by atomic mass is 32.2. The van der Waals surface area contributed by atoms with Crippen molar-refractivity contribution >= 4 is 44.3 Å². The van der Waals surface area contributed by atoms with Gasteiger partial charge in [0.05, 0.1) is 18.3 Å². The lowest BCUT2D eigenvalue weighted by Gasteiger charge is -2.35. The van der Waals surface area contributed by atoms with Crippen LogP contribution in [0.2, 0.25) is 0 Å². The molecule has 4 heterocycles. The molecule has 0 bridgehead atoms. The van der Waals surface area contributed by atoms with E-state index >= 15 is 0 Å². The Balaban J connectivity index is 1.43. The van der Waals surface area contributed by atoms with Gasteiger partial charge < -0.3 is 14.5 Å². The highest BCUT2D eigenvalue weighted by molar-refractivity contribution is 7.92. The number of carbonyl (C=O) groups is 2. The van der Waals surface area contributed by atoms with Crippen LogP contribution in [0, 0.1) is 11.6 Å². The van der Waals surface area contributed by atoms with Crippen LogP contribution in [0.4, 0.5) is 20.3 Å². The Hall–Kier alpha value is -5.05. The highest BCUT2D eigenvalue weighted by Gasteiger charge is 2.26. The molecule has 1 amide bonds. The second-order valence-electron chi connectivity index (χ2n) is 9.66. The van der Waals surface area contributed by atoms with Crippen molar-refractivity contribution in [3.63, 3.8) is 0 Å². The molecular weight excluding hydrogens is 596 g/mol. The van der Waals surface area contributed by atoms with E-state index in [1.807, 2.05) is 4.90 Å². The molecule has 0 radical (unpaired) electrons. The molecule has 1 saturated heterocycles. The van der Waals surface area contributed by atoms with Crippen LogP contribution in [-0.4, -0.2) is 78.2 Å². The minimum Gasteiger partial charge on any atom is -0.480 e. The summed E-state index contributed by atoms with van der Waals surface area (Å²) in [5.41, 5.74) is 1.62. The molecule has 15 heteroatoms. The van der Waals surface area contributed by atoms with E-state index in [-0.39, 0.29) is 23.3 Å². The molecule has 1 N–H and O–H groups in total. The fourth-order valence-electron chi connectivity index (χ4n) is 4.61. The van der Waals surface area contributed by atoms with Crippen LogP contribution in [0.3, 0.4) is 0 Å². The Morgan fingerprint density at radius 2 is 1.75 bits per heavy atom. The van der Waals surface area contributed by atoms with Crippen LogP contribution in [0.15, 0.2) is 66.0 Å².